The minimum atomic E-state index is -3.02. The fraction of sp³-hybridized carbons (Fsp3) is 0.846. The summed E-state index contributed by atoms with van der Waals surface area (Å²) in [6.07, 6.45) is 7.05. The number of amides is 1. The van der Waals surface area contributed by atoms with Crippen molar-refractivity contribution in [3.63, 3.8) is 0 Å². The first kappa shape index (κ1) is 16.0. The molecule has 108 valence electrons. The van der Waals surface area contributed by atoms with E-state index in [1.165, 1.54) is 6.42 Å². The fourth-order valence-electron chi connectivity index (χ4n) is 2.46. The lowest BCUT2D eigenvalue weighted by Crippen LogP contribution is -2.40. The zero-order chi connectivity index (χ0) is 14.3. The Labute approximate surface area is 115 Å². The van der Waals surface area contributed by atoms with E-state index >= 15 is 0 Å². The molecule has 5 nitrogen and oxygen atoms in total. The number of nitriles is 1. The highest BCUT2D eigenvalue weighted by molar-refractivity contribution is 7.90. The molecule has 1 fully saturated rings. The predicted molar refractivity (Wildman–Crippen MR) is 73.1 cm³/mol. The van der Waals surface area contributed by atoms with Gasteiger partial charge in [-0.2, -0.15) is 5.26 Å². The molecule has 0 spiro atoms. The van der Waals surface area contributed by atoms with Crippen molar-refractivity contribution in [3.8, 4) is 6.07 Å². The second kappa shape index (κ2) is 7.49. The first-order chi connectivity index (χ1) is 8.92. The summed E-state index contributed by atoms with van der Waals surface area (Å²) in [6, 6.07) is 1.73. The van der Waals surface area contributed by atoms with Gasteiger partial charge in [-0.1, -0.05) is 19.3 Å². The van der Waals surface area contributed by atoms with Gasteiger partial charge in [-0.3, -0.25) is 4.79 Å². The van der Waals surface area contributed by atoms with Crippen LogP contribution in [0.25, 0.3) is 0 Å². The summed E-state index contributed by atoms with van der Waals surface area (Å²) in [5, 5.41) is 11.8. The first-order valence-electron chi connectivity index (χ1n) is 6.79. The molecule has 19 heavy (non-hydrogen) atoms. The van der Waals surface area contributed by atoms with Gasteiger partial charge in [0.25, 0.3) is 0 Å². The lowest BCUT2D eigenvalue weighted by molar-refractivity contribution is -0.121. The Morgan fingerprint density at radius 2 is 2.00 bits per heavy atom. The maximum absolute atomic E-state index is 11.7. The van der Waals surface area contributed by atoms with Crippen LogP contribution in [0.3, 0.4) is 0 Å². The first-order valence-corrected chi connectivity index (χ1v) is 8.85. The van der Waals surface area contributed by atoms with E-state index in [4.69, 9.17) is 5.26 Å². The highest BCUT2D eigenvalue weighted by atomic mass is 32.2. The quantitative estimate of drug-likeness (QED) is 0.799. The van der Waals surface area contributed by atoms with Crippen LogP contribution in [0.2, 0.25) is 0 Å². The Bertz CT molecular complexity index is 433. The summed E-state index contributed by atoms with van der Waals surface area (Å²) in [5.74, 6) is 0.0412. The molecule has 1 atom stereocenters. The van der Waals surface area contributed by atoms with Crippen molar-refractivity contribution in [1.82, 2.24) is 5.32 Å². The van der Waals surface area contributed by atoms with Gasteiger partial charge in [-0.25, -0.2) is 8.42 Å². The maximum Gasteiger partial charge on any atom is 0.221 e. The molecule has 1 amide bonds. The Morgan fingerprint density at radius 3 is 2.53 bits per heavy atom. The molecule has 0 unspecified atom stereocenters. The van der Waals surface area contributed by atoms with Crippen LogP contribution < -0.4 is 5.32 Å². The molecule has 0 bridgehead atoms. The van der Waals surface area contributed by atoms with Crippen LogP contribution in [0.5, 0.6) is 0 Å². The van der Waals surface area contributed by atoms with E-state index < -0.39 is 15.9 Å². The molecule has 1 aliphatic rings. The van der Waals surface area contributed by atoms with Gasteiger partial charge >= 0.3 is 0 Å². The van der Waals surface area contributed by atoms with Gasteiger partial charge in [0.1, 0.15) is 15.9 Å². The number of nitrogens with zero attached hydrogens (tertiary/aromatic N) is 1. The summed E-state index contributed by atoms with van der Waals surface area (Å²) in [5.41, 5.74) is 0. The molecule has 0 heterocycles. The van der Waals surface area contributed by atoms with E-state index in [0.717, 1.165) is 31.9 Å². The zero-order valence-electron chi connectivity index (χ0n) is 11.4. The fourth-order valence-corrected chi connectivity index (χ4v) is 3.13. The second-order valence-corrected chi connectivity index (χ2v) is 7.57. The molecule has 0 aromatic rings. The molecular formula is C13H22N2O3S. The summed E-state index contributed by atoms with van der Waals surface area (Å²) >= 11 is 0. The lowest BCUT2D eigenvalue weighted by Gasteiger charge is -2.26. The number of hydrogen-bond acceptors (Lipinski definition) is 4. The van der Waals surface area contributed by atoms with Crippen LogP contribution >= 0.6 is 0 Å². The van der Waals surface area contributed by atoms with Gasteiger partial charge < -0.3 is 5.32 Å². The minimum Gasteiger partial charge on any atom is -0.340 e. The van der Waals surface area contributed by atoms with Crippen LogP contribution in [-0.4, -0.2) is 32.4 Å². The van der Waals surface area contributed by atoms with Crippen LogP contribution in [0.15, 0.2) is 0 Å². The van der Waals surface area contributed by atoms with Gasteiger partial charge in [0.15, 0.2) is 0 Å². The number of rotatable bonds is 6. The molecule has 1 saturated carbocycles. The van der Waals surface area contributed by atoms with Gasteiger partial charge in [-0.05, 0) is 25.2 Å². The van der Waals surface area contributed by atoms with Crippen LogP contribution in [-0.2, 0) is 14.6 Å². The van der Waals surface area contributed by atoms with Crippen molar-refractivity contribution in [2.24, 2.45) is 5.92 Å². The van der Waals surface area contributed by atoms with Crippen molar-refractivity contribution in [1.29, 1.82) is 5.26 Å². The van der Waals surface area contributed by atoms with Crippen LogP contribution in [0.1, 0.15) is 44.9 Å². The molecule has 6 heteroatoms. The molecule has 0 saturated heterocycles. The number of carbonyl (C=O) groups is 1. The normalized spacial score (nSPS) is 18.5. The van der Waals surface area contributed by atoms with E-state index in [1.807, 2.05) is 0 Å². The predicted octanol–water partition coefficient (Wildman–Crippen LogP) is 1.40. The molecule has 0 aliphatic heterocycles. The summed E-state index contributed by atoms with van der Waals surface area (Å²) in [7, 11) is -3.02. The van der Waals surface area contributed by atoms with Gasteiger partial charge in [0.05, 0.1) is 11.8 Å². The number of carbonyl (C=O) groups excluding carboxylic acids is 1. The monoisotopic (exact) mass is 286 g/mol. The summed E-state index contributed by atoms with van der Waals surface area (Å²) in [6.45, 7) is 0. The van der Waals surface area contributed by atoms with E-state index in [-0.39, 0.29) is 24.0 Å². The summed E-state index contributed by atoms with van der Waals surface area (Å²) < 4.78 is 21.9. The Kier molecular flexibility index (Phi) is 6.29. The highest BCUT2D eigenvalue weighted by Gasteiger charge is 2.24. The molecule has 0 aromatic carbocycles. The Balaban J connectivity index is 2.34. The number of hydrogen-bond donors (Lipinski definition) is 1. The van der Waals surface area contributed by atoms with Gasteiger partial charge in [0.2, 0.25) is 5.91 Å². The zero-order valence-corrected chi connectivity index (χ0v) is 12.2. The van der Waals surface area contributed by atoms with Crippen molar-refractivity contribution in [2.45, 2.75) is 51.0 Å². The molecule has 1 aliphatic carbocycles. The topological polar surface area (TPSA) is 87.0 Å². The van der Waals surface area contributed by atoms with Crippen LogP contribution in [0.4, 0.5) is 0 Å². The number of sulfone groups is 1. The standard InChI is InChI=1S/C13H22N2O3S/c1-19(17,18)9-5-8-13(16)15-12(10-14)11-6-3-2-4-7-11/h11-12H,2-9H2,1H3,(H,15,16)/t12-/m0/s1. The van der Waals surface area contributed by atoms with Crippen molar-refractivity contribution in [3.05, 3.63) is 0 Å². The third kappa shape index (κ3) is 6.58. The average Bonchev–Trinajstić information content (AvgIpc) is 2.35. The smallest absolute Gasteiger partial charge is 0.221 e. The third-order valence-electron chi connectivity index (χ3n) is 3.50. The van der Waals surface area contributed by atoms with Crippen LogP contribution in [0, 0.1) is 17.2 Å². The maximum atomic E-state index is 11.7. The third-order valence-corrected chi connectivity index (χ3v) is 4.53. The van der Waals surface area contributed by atoms with Crippen molar-refractivity contribution >= 4 is 15.7 Å². The number of nitrogens with one attached hydrogen (secondary N) is 1. The molecule has 0 radical (unpaired) electrons. The largest absolute Gasteiger partial charge is 0.340 e. The SMILES string of the molecule is CS(=O)(=O)CCCC(=O)N[C@@H](C#N)C1CCCCC1. The van der Waals surface area contributed by atoms with Crippen molar-refractivity contribution < 1.29 is 13.2 Å². The highest BCUT2D eigenvalue weighted by Crippen LogP contribution is 2.26. The van der Waals surface area contributed by atoms with E-state index in [9.17, 15) is 13.2 Å². The Morgan fingerprint density at radius 1 is 1.37 bits per heavy atom. The lowest BCUT2D eigenvalue weighted by atomic mass is 9.84. The van der Waals surface area contributed by atoms with Gasteiger partial charge in [0, 0.05) is 12.7 Å². The average molecular weight is 286 g/mol. The van der Waals surface area contributed by atoms with E-state index in [1.54, 1.807) is 0 Å². The van der Waals surface area contributed by atoms with Crippen molar-refractivity contribution in [2.75, 3.05) is 12.0 Å². The Hall–Kier alpha value is -1.09. The van der Waals surface area contributed by atoms with Gasteiger partial charge in [-0.15, -0.1) is 0 Å². The van der Waals surface area contributed by atoms with E-state index in [0.29, 0.717) is 6.42 Å². The molecule has 1 N–H and O–H groups in total. The molecule has 0 aromatic heterocycles. The second-order valence-electron chi connectivity index (χ2n) is 5.31. The summed E-state index contributed by atoms with van der Waals surface area (Å²) in [4.78, 5) is 11.7. The molecular weight excluding hydrogens is 264 g/mol. The minimum absolute atomic E-state index is 0.0149. The molecule has 1 rings (SSSR count). The van der Waals surface area contributed by atoms with E-state index in [2.05, 4.69) is 11.4 Å².